The smallest absolute Gasteiger partial charge is 0.254 e. The van der Waals surface area contributed by atoms with Gasteiger partial charge >= 0.3 is 0 Å². The number of carbonyl (C=O) groups excluding carboxylic acids is 1. The molecule has 0 spiro atoms. The fourth-order valence-corrected chi connectivity index (χ4v) is 3.36. The first-order valence-corrected chi connectivity index (χ1v) is 8.04. The van der Waals surface area contributed by atoms with E-state index in [0.29, 0.717) is 24.7 Å². The van der Waals surface area contributed by atoms with E-state index in [1.165, 1.54) is 0 Å². The van der Waals surface area contributed by atoms with E-state index in [-0.39, 0.29) is 17.5 Å². The minimum atomic E-state index is -0.412. The summed E-state index contributed by atoms with van der Waals surface area (Å²) in [6, 6.07) is 3.51. The third-order valence-electron chi connectivity index (χ3n) is 4.61. The summed E-state index contributed by atoms with van der Waals surface area (Å²) >= 11 is 0. The lowest BCUT2D eigenvalue weighted by Gasteiger charge is -2.24. The van der Waals surface area contributed by atoms with Crippen LogP contribution < -0.4 is 10.6 Å². The summed E-state index contributed by atoms with van der Waals surface area (Å²) in [7, 11) is 0. The van der Waals surface area contributed by atoms with Gasteiger partial charge in [0, 0.05) is 6.61 Å². The maximum absolute atomic E-state index is 14.5. The topological polar surface area (TPSA) is 50.4 Å². The van der Waals surface area contributed by atoms with Crippen LogP contribution in [0.15, 0.2) is 12.1 Å². The molecule has 2 aliphatic rings. The van der Waals surface area contributed by atoms with Crippen LogP contribution in [-0.4, -0.2) is 38.3 Å². The first-order chi connectivity index (χ1) is 10.6. The highest BCUT2D eigenvalue weighted by molar-refractivity contribution is 5.96. The minimum absolute atomic E-state index is 0.00426. The Morgan fingerprint density at radius 3 is 2.73 bits per heavy atom. The van der Waals surface area contributed by atoms with Crippen LogP contribution in [0, 0.1) is 12.7 Å². The number of amides is 1. The Hall–Kier alpha value is -1.46. The summed E-state index contributed by atoms with van der Waals surface area (Å²) < 4.78 is 19.7. The zero-order valence-electron chi connectivity index (χ0n) is 13.0. The number of nitrogens with one attached hydrogen (secondary N) is 2. The van der Waals surface area contributed by atoms with Crippen molar-refractivity contribution >= 4 is 5.91 Å². The summed E-state index contributed by atoms with van der Waals surface area (Å²) in [5.41, 5.74) is 1.90. The zero-order chi connectivity index (χ0) is 15.5. The van der Waals surface area contributed by atoms with Crippen molar-refractivity contribution in [2.75, 3.05) is 26.3 Å². The van der Waals surface area contributed by atoms with Gasteiger partial charge in [0.05, 0.1) is 18.2 Å². The molecule has 3 rings (SSSR count). The first kappa shape index (κ1) is 15.4. The summed E-state index contributed by atoms with van der Waals surface area (Å²) in [5.74, 6) is -0.359. The van der Waals surface area contributed by atoms with Crippen LogP contribution in [0.25, 0.3) is 0 Å². The number of piperidine rings is 1. The Morgan fingerprint density at radius 1 is 1.32 bits per heavy atom. The van der Waals surface area contributed by atoms with Crippen LogP contribution in [0.4, 0.5) is 4.39 Å². The molecule has 0 radical (unpaired) electrons. The van der Waals surface area contributed by atoms with Gasteiger partial charge in [-0.1, -0.05) is 6.07 Å². The molecule has 0 bridgehead atoms. The molecule has 2 aliphatic heterocycles. The highest BCUT2D eigenvalue weighted by Crippen LogP contribution is 2.28. The average Bonchev–Trinajstić information content (AvgIpc) is 3.00. The van der Waals surface area contributed by atoms with E-state index in [9.17, 15) is 9.18 Å². The number of hydrogen-bond acceptors (Lipinski definition) is 3. The van der Waals surface area contributed by atoms with Crippen LogP contribution in [0.3, 0.4) is 0 Å². The molecule has 0 aliphatic carbocycles. The fraction of sp³-hybridized carbons (Fsp3) is 0.588. The molecular formula is C17H23FN2O2. The second kappa shape index (κ2) is 6.75. The third-order valence-corrected chi connectivity index (χ3v) is 4.61. The average molecular weight is 306 g/mol. The number of halogens is 1. The van der Waals surface area contributed by atoms with Crippen molar-refractivity contribution in [3.63, 3.8) is 0 Å². The highest BCUT2D eigenvalue weighted by Gasteiger charge is 2.24. The minimum Gasteiger partial charge on any atom is -0.379 e. The second-order valence-corrected chi connectivity index (χ2v) is 6.25. The predicted molar refractivity (Wildman–Crippen MR) is 82.7 cm³/mol. The van der Waals surface area contributed by atoms with Gasteiger partial charge in [0.2, 0.25) is 0 Å². The van der Waals surface area contributed by atoms with Gasteiger partial charge in [-0.2, -0.15) is 0 Å². The summed E-state index contributed by atoms with van der Waals surface area (Å²) in [4.78, 5) is 12.3. The molecule has 2 fully saturated rings. The zero-order valence-corrected chi connectivity index (χ0v) is 13.0. The molecule has 2 N–H and O–H groups in total. The van der Waals surface area contributed by atoms with Gasteiger partial charge in [-0.3, -0.25) is 4.79 Å². The van der Waals surface area contributed by atoms with Gasteiger partial charge < -0.3 is 15.4 Å². The normalized spacial score (nSPS) is 22.7. The molecule has 1 aromatic rings. The highest BCUT2D eigenvalue weighted by atomic mass is 19.1. The van der Waals surface area contributed by atoms with Gasteiger partial charge in [-0.15, -0.1) is 0 Å². The Labute approximate surface area is 130 Å². The van der Waals surface area contributed by atoms with Gasteiger partial charge in [-0.25, -0.2) is 4.39 Å². The maximum Gasteiger partial charge on any atom is 0.254 e. The number of benzene rings is 1. The quantitative estimate of drug-likeness (QED) is 0.899. The molecule has 2 saturated heterocycles. The van der Waals surface area contributed by atoms with Gasteiger partial charge in [0.25, 0.3) is 5.91 Å². The predicted octanol–water partition coefficient (Wildman–Crippen LogP) is 2.12. The molecular weight excluding hydrogens is 283 g/mol. The van der Waals surface area contributed by atoms with Crippen LogP contribution in [-0.2, 0) is 4.74 Å². The van der Waals surface area contributed by atoms with Crippen molar-refractivity contribution in [2.45, 2.75) is 38.1 Å². The van der Waals surface area contributed by atoms with Gasteiger partial charge in [0.1, 0.15) is 5.82 Å². The number of hydrogen-bond donors (Lipinski definition) is 2. The van der Waals surface area contributed by atoms with Crippen LogP contribution in [0.1, 0.15) is 46.7 Å². The van der Waals surface area contributed by atoms with E-state index in [1.54, 1.807) is 6.07 Å². The Bertz CT molecular complexity index is 527. The van der Waals surface area contributed by atoms with Crippen molar-refractivity contribution < 1.29 is 13.9 Å². The van der Waals surface area contributed by atoms with Crippen molar-refractivity contribution in [2.24, 2.45) is 0 Å². The van der Waals surface area contributed by atoms with E-state index in [0.717, 1.165) is 37.9 Å². The van der Waals surface area contributed by atoms with E-state index < -0.39 is 5.82 Å². The summed E-state index contributed by atoms with van der Waals surface area (Å²) in [6.07, 6.45) is 2.83. The fourth-order valence-electron chi connectivity index (χ4n) is 3.36. The summed E-state index contributed by atoms with van der Waals surface area (Å²) in [6.45, 7) is 4.92. The van der Waals surface area contributed by atoms with Crippen LogP contribution >= 0.6 is 0 Å². The lowest BCUT2D eigenvalue weighted by atomic mass is 9.88. The molecule has 1 aromatic carbocycles. The number of rotatable bonds is 3. The second-order valence-electron chi connectivity index (χ2n) is 6.25. The van der Waals surface area contributed by atoms with Crippen LogP contribution in [0.2, 0.25) is 0 Å². The molecule has 5 heteroatoms. The van der Waals surface area contributed by atoms with Gasteiger partial charge in [0.15, 0.2) is 0 Å². The first-order valence-electron chi connectivity index (χ1n) is 8.04. The van der Waals surface area contributed by atoms with Crippen molar-refractivity contribution in [1.29, 1.82) is 0 Å². The van der Waals surface area contributed by atoms with Crippen LogP contribution in [0.5, 0.6) is 0 Å². The standard InChI is InChI=1S/C17H23FN2O2/c1-11-8-13(12-2-5-19-6-3-12)9-15(18)16(11)17(21)20-14-4-7-22-10-14/h8-9,12,14,19H,2-7,10H2,1H3,(H,20,21). The molecule has 4 nitrogen and oxygen atoms in total. The maximum atomic E-state index is 14.5. The molecule has 0 aromatic heterocycles. The molecule has 120 valence electrons. The van der Waals surface area contributed by atoms with E-state index in [4.69, 9.17) is 4.74 Å². The van der Waals surface area contributed by atoms with Crippen molar-refractivity contribution in [1.82, 2.24) is 10.6 Å². The summed E-state index contributed by atoms with van der Waals surface area (Å²) in [5, 5.41) is 6.18. The lowest BCUT2D eigenvalue weighted by Crippen LogP contribution is -2.36. The van der Waals surface area contributed by atoms with Crippen molar-refractivity contribution in [3.8, 4) is 0 Å². The SMILES string of the molecule is Cc1cc(C2CCNCC2)cc(F)c1C(=O)NC1CCOC1. The number of aryl methyl sites for hydroxylation is 1. The lowest BCUT2D eigenvalue weighted by molar-refractivity contribution is 0.0925. The number of ether oxygens (including phenoxy) is 1. The van der Waals surface area contributed by atoms with Crippen molar-refractivity contribution in [3.05, 3.63) is 34.6 Å². The molecule has 1 amide bonds. The number of carbonyl (C=O) groups is 1. The largest absolute Gasteiger partial charge is 0.379 e. The monoisotopic (exact) mass is 306 g/mol. The molecule has 1 atom stereocenters. The molecule has 22 heavy (non-hydrogen) atoms. The Kier molecular flexibility index (Phi) is 4.74. The van der Waals surface area contributed by atoms with E-state index in [2.05, 4.69) is 10.6 Å². The van der Waals surface area contributed by atoms with Gasteiger partial charge in [-0.05, 0) is 62.4 Å². The Balaban J connectivity index is 1.78. The van der Waals surface area contributed by atoms with E-state index >= 15 is 0 Å². The molecule has 0 saturated carbocycles. The molecule has 2 heterocycles. The van der Waals surface area contributed by atoms with E-state index in [1.807, 2.05) is 13.0 Å². The molecule has 1 unspecified atom stereocenters. The Morgan fingerprint density at radius 2 is 2.09 bits per heavy atom. The third kappa shape index (κ3) is 3.31.